The number of rotatable bonds is 10. The molecule has 3 N–H and O–H groups in total. The van der Waals surface area contributed by atoms with Gasteiger partial charge in [-0.25, -0.2) is 13.2 Å². The monoisotopic (exact) mass is 641 g/mol. The molecule has 1 unspecified atom stereocenters. The number of sulfone groups is 1. The van der Waals surface area contributed by atoms with Crippen LogP contribution in [0.4, 0.5) is 13.2 Å². The molecular formula is C30H31ClF3NO7S. The smallest absolute Gasteiger partial charge is 0.416 e. The van der Waals surface area contributed by atoms with Gasteiger partial charge in [0.1, 0.15) is 17.7 Å². The van der Waals surface area contributed by atoms with Crippen molar-refractivity contribution < 1.29 is 46.1 Å². The van der Waals surface area contributed by atoms with Crippen LogP contribution in [-0.2, 0) is 32.0 Å². The molecule has 0 aromatic heterocycles. The summed E-state index contributed by atoms with van der Waals surface area (Å²) in [5, 5.41) is 23.9. The van der Waals surface area contributed by atoms with Gasteiger partial charge in [-0.1, -0.05) is 35.9 Å². The first-order chi connectivity index (χ1) is 19.8. The summed E-state index contributed by atoms with van der Waals surface area (Å²) in [6.45, 7) is 6.82. The molecule has 0 radical (unpaired) electrons. The second-order valence-corrected chi connectivity index (χ2v) is 13.3. The number of ether oxygens (including phenoxy) is 1. The molecule has 0 aliphatic rings. The number of esters is 1. The van der Waals surface area contributed by atoms with Gasteiger partial charge < -0.3 is 14.9 Å². The van der Waals surface area contributed by atoms with Crippen molar-refractivity contribution >= 4 is 33.4 Å². The summed E-state index contributed by atoms with van der Waals surface area (Å²) in [5.74, 6) is -2.51. The Balaban J connectivity index is 1.83. The molecule has 0 aliphatic carbocycles. The minimum absolute atomic E-state index is 0.266. The summed E-state index contributed by atoms with van der Waals surface area (Å²) < 4.78 is 71.1. The number of carbonyl (C=O) groups is 2. The number of carboxylic acids is 1. The molecule has 0 heterocycles. The molecule has 3 aromatic rings. The van der Waals surface area contributed by atoms with Gasteiger partial charge in [0.2, 0.25) is 9.84 Å². The number of benzene rings is 3. The van der Waals surface area contributed by atoms with Crippen LogP contribution in [0.1, 0.15) is 60.8 Å². The van der Waals surface area contributed by atoms with E-state index >= 15 is 0 Å². The van der Waals surface area contributed by atoms with Gasteiger partial charge in [0.15, 0.2) is 0 Å². The summed E-state index contributed by atoms with van der Waals surface area (Å²) >= 11 is 6.06. The quantitative estimate of drug-likeness (QED) is 0.235. The number of hydrogen-bond acceptors (Lipinski definition) is 7. The van der Waals surface area contributed by atoms with E-state index in [0.29, 0.717) is 28.3 Å². The third-order valence-corrected chi connectivity index (χ3v) is 8.30. The summed E-state index contributed by atoms with van der Waals surface area (Å²) in [6, 6.07) is 11.6. The predicted octanol–water partition coefficient (Wildman–Crippen LogP) is 5.85. The van der Waals surface area contributed by atoms with Gasteiger partial charge in [-0.2, -0.15) is 13.2 Å². The Hall–Kier alpha value is -3.45. The van der Waals surface area contributed by atoms with Crippen molar-refractivity contribution in [3.63, 3.8) is 0 Å². The first-order valence-corrected chi connectivity index (χ1v) is 14.9. The molecule has 13 heteroatoms. The van der Waals surface area contributed by atoms with E-state index in [-0.39, 0.29) is 17.4 Å². The van der Waals surface area contributed by atoms with Crippen molar-refractivity contribution in [2.45, 2.75) is 73.9 Å². The molecule has 3 atom stereocenters. The zero-order chi connectivity index (χ0) is 32.3. The van der Waals surface area contributed by atoms with Crippen molar-refractivity contribution in [2.24, 2.45) is 0 Å². The molecule has 0 aliphatic heterocycles. The van der Waals surface area contributed by atoms with Crippen LogP contribution in [0.15, 0.2) is 76.5 Å². The fourth-order valence-corrected chi connectivity index (χ4v) is 5.92. The molecule has 0 saturated heterocycles. The Labute approximate surface area is 252 Å². The summed E-state index contributed by atoms with van der Waals surface area (Å²) in [6.07, 6.45) is -5.90. The number of carboxylic acid groups (broad SMARTS) is 1. The molecule has 43 heavy (non-hydrogen) atoms. The van der Waals surface area contributed by atoms with Crippen LogP contribution in [-0.4, -0.2) is 48.3 Å². The van der Waals surface area contributed by atoms with Crippen molar-refractivity contribution in [1.29, 1.82) is 0 Å². The normalized spacial score (nSPS) is 14.5. The van der Waals surface area contributed by atoms with Crippen molar-refractivity contribution in [2.75, 3.05) is 0 Å². The third kappa shape index (κ3) is 8.79. The van der Waals surface area contributed by atoms with E-state index < -0.39 is 67.8 Å². The maximum atomic E-state index is 13.2. The number of carbonyl (C=O) groups excluding carboxylic acids is 1. The largest absolute Gasteiger partial charge is 0.478 e. The zero-order valence-electron chi connectivity index (χ0n) is 23.6. The van der Waals surface area contributed by atoms with Crippen LogP contribution in [0.3, 0.4) is 0 Å². The van der Waals surface area contributed by atoms with Gasteiger partial charge >= 0.3 is 18.1 Å². The van der Waals surface area contributed by atoms with Crippen LogP contribution in [0.25, 0.3) is 0 Å². The Morgan fingerprint density at radius 3 is 2.16 bits per heavy atom. The Morgan fingerprint density at radius 2 is 1.63 bits per heavy atom. The highest BCUT2D eigenvalue weighted by Gasteiger charge is 2.35. The molecule has 0 saturated carbocycles. The standard InChI is InChI=1S/C30H31ClF3NO7S/c1-17(35-25(28(39)42-29(2,3)4)26(36)19-6-5-7-21(31)15-19)14-18-8-11-22(12-9-18)43(40,41)24-13-10-20(30(32,33)34)16-23(24)27(37)38/h5-13,15-17,25-26,35-36H,14H2,1-4H3,(H,37,38)/t17-,25?,26-/m1/s1. The highest BCUT2D eigenvalue weighted by atomic mass is 35.5. The highest BCUT2D eigenvalue weighted by molar-refractivity contribution is 7.91. The maximum absolute atomic E-state index is 13.2. The lowest BCUT2D eigenvalue weighted by atomic mass is 9.99. The number of aliphatic hydroxyl groups excluding tert-OH is 1. The van der Waals surface area contributed by atoms with Gasteiger partial charge in [-0.05, 0) is 87.7 Å². The molecule has 0 bridgehead atoms. The fourth-order valence-electron chi connectivity index (χ4n) is 4.29. The van der Waals surface area contributed by atoms with E-state index in [2.05, 4.69) is 5.32 Å². The van der Waals surface area contributed by atoms with Crippen LogP contribution in [0, 0.1) is 0 Å². The number of nitrogens with one attached hydrogen (secondary N) is 1. The molecule has 8 nitrogen and oxygen atoms in total. The van der Waals surface area contributed by atoms with Crippen molar-refractivity contribution in [3.8, 4) is 0 Å². The zero-order valence-corrected chi connectivity index (χ0v) is 25.2. The predicted molar refractivity (Wildman–Crippen MR) is 153 cm³/mol. The Kier molecular flexibility index (Phi) is 10.3. The molecule has 0 spiro atoms. The molecule has 0 amide bonds. The number of hydrogen-bond donors (Lipinski definition) is 3. The lowest BCUT2D eigenvalue weighted by molar-refractivity contribution is -0.161. The third-order valence-electron chi connectivity index (χ3n) is 6.23. The van der Waals surface area contributed by atoms with E-state index in [1.54, 1.807) is 45.9 Å². The number of aromatic carboxylic acids is 1. The Morgan fingerprint density at radius 1 is 1.00 bits per heavy atom. The number of aliphatic hydroxyl groups is 1. The first kappa shape index (κ1) is 34.0. The first-order valence-electron chi connectivity index (χ1n) is 13.0. The number of halogens is 4. The average Bonchev–Trinajstić information content (AvgIpc) is 2.89. The SMILES string of the molecule is C[C@H](Cc1ccc(S(=O)(=O)c2ccc(C(F)(F)F)cc2C(=O)O)cc1)NC(C(=O)OC(C)(C)C)[C@H](O)c1cccc(Cl)c1. The molecule has 3 rings (SSSR count). The second-order valence-electron chi connectivity index (χ2n) is 10.9. The van der Waals surface area contributed by atoms with Crippen molar-refractivity contribution in [1.82, 2.24) is 5.32 Å². The average molecular weight is 642 g/mol. The molecule has 3 aromatic carbocycles. The minimum Gasteiger partial charge on any atom is -0.478 e. The maximum Gasteiger partial charge on any atom is 0.416 e. The topological polar surface area (TPSA) is 130 Å². The fraction of sp³-hybridized carbons (Fsp3) is 0.333. The molecule has 0 fully saturated rings. The lowest BCUT2D eigenvalue weighted by Gasteiger charge is -2.30. The van der Waals surface area contributed by atoms with E-state index in [1.165, 1.54) is 30.3 Å². The van der Waals surface area contributed by atoms with E-state index in [4.69, 9.17) is 16.3 Å². The van der Waals surface area contributed by atoms with Crippen LogP contribution < -0.4 is 5.32 Å². The lowest BCUT2D eigenvalue weighted by Crippen LogP contribution is -2.49. The molecule has 232 valence electrons. The van der Waals surface area contributed by atoms with E-state index in [1.807, 2.05) is 0 Å². The van der Waals surface area contributed by atoms with E-state index in [0.717, 1.165) is 0 Å². The van der Waals surface area contributed by atoms with Gasteiger partial charge in [-0.3, -0.25) is 10.1 Å². The van der Waals surface area contributed by atoms with Gasteiger partial charge in [0.25, 0.3) is 0 Å². The van der Waals surface area contributed by atoms with Crippen LogP contribution in [0.2, 0.25) is 5.02 Å². The van der Waals surface area contributed by atoms with E-state index in [9.17, 15) is 41.4 Å². The van der Waals surface area contributed by atoms with Crippen LogP contribution >= 0.6 is 11.6 Å². The van der Waals surface area contributed by atoms with Crippen molar-refractivity contribution in [3.05, 3.63) is 94.0 Å². The van der Waals surface area contributed by atoms with Gasteiger partial charge in [-0.15, -0.1) is 0 Å². The minimum atomic E-state index is -4.86. The second kappa shape index (κ2) is 13.0. The Bertz CT molecular complexity index is 1590. The summed E-state index contributed by atoms with van der Waals surface area (Å²) in [4.78, 5) is 23.6. The van der Waals surface area contributed by atoms with Gasteiger partial charge in [0, 0.05) is 11.1 Å². The highest BCUT2D eigenvalue weighted by Crippen LogP contribution is 2.33. The summed E-state index contributed by atoms with van der Waals surface area (Å²) in [5.41, 5.74) is -2.11. The van der Waals surface area contributed by atoms with Crippen LogP contribution in [0.5, 0.6) is 0 Å². The molecular weight excluding hydrogens is 611 g/mol. The van der Waals surface area contributed by atoms with Gasteiger partial charge in [0.05, 0.1) is 20.9 Å². The summed E-state index contributed by atoms with van der Waals surface area (Å²) in [7, 11) is -4.48. The number of alkyl halides is 3.